The van der Waals surface area contributed by atoms with Crippen LogP contribution >= 0.6 is 23.2 Å². The van der Waals surface area contributed by atoms with E-state index in [4.69, 9.17) is 28.0 Å². The predicted octanol–water partition coefficient (Wildman–Crippen LogP) is 4.00. The zero-order valence-electron chi connectivity index (χ0n) is 19.9. The molecule has 9 nitrogen and oxygen atoms in total. The fourth-order valence-electron chi connectivity index (χ4n) is 4.54. The number of nitrogens with one attached hydrogen (secondary N) is 1. The molecule has 0 radical (unpaired) electrons. The van der Waals surface area contributed by atoms with E-state index in [-0.39, 0.29) is 37.7 Å². The summed E-state index contributed by atoms with van der Waals surface area (Å²) in [5.74, 6) is -5.37. The largest absolute Gasteiger partial charge is 0.435 e. The van der Waals surface area contributed by atoms with Crippen LogP contribution in [0, 0.1) is 5.82 Å². The van der Waals surface area contributed by atoms with Crippen molar-refractivity contribution >= 4 is 45.0 Å². The molecule has 1 N–H and O–H groups in total. The third-order valence-corrected chi connectivity index (χ3v) is 8.81. The quantitative estimate of drug-likeness (QED) is 0.395. The van der Waals surface area contributed by atoms with Crippen molar-refractivity contribution in [3.63, 3.8) is 0 Å². The fourth-order valence-corrected chi connectivity index (χ4v) is 6.03. The number of halogens is 8. The highest BCUT2D eigenvalue weighted by Crippen LogP contribution is 2.50. The molecule has 1 aromatic carbocycles. The van der Waals surface area contributed by atoms with Crippen molar-refractivity contribution in [1.82, 2.24) is 19.5 Å². The van der Waals surface area contributed by atoms with E-state index in [1.165, 1.54) is 17.2 Å². The number of rotatable bonds is 5. The molecule has 0 aliphatic carbocycles. The molecule has 0 saturated carbocycles. The fraction of sp³-hybridized carbons (Fsp3) is 0.409. The number of hydrogen-bond donors (Lipinski definition) is 1. The van der Waals surface area contributed by atoms with Gasteiger partial charge < -0.3 is 15.1 Å². The van der Waals surface area contributed by atoms with E-state index in [9.17, 15) is 39.6 Å². The van der Waals surface area contributed by atoms with E-state index in [1.807, 2.05) is 0 Å². The summed E-state index contributed by atoms with van der Waals surface area (Å²) in [6.07, 6.45) is -4.37. The van der Waals surface area contributed by atoms with Gasteiger partial charge in [0.25, 0.3) is 21.5 Å². The van der Waals surface area contributed by atoms with Gasteiger partial charge in [-0.1, -0.05) is 28.4 Å². The Morgan fingerprint density at radius 3 is 2.35 bits per heavy atom. The average Bonchev–Trinajstić information content (AvgIpc) is 3.48. The van der Waals surface area contributed by atoms with Gasteiger partial charge in [0.2, 0.25) is 0 Å². The maximum Gasteiger partial charge on any atom is 0.435 e. The molecular formula is C22H17Cl2F6N5O4S. The molecule has 2 aromatic rings. The third kappa shape index (κ3) is 4.84. The van der Waals surface area contributed by atoms with Gasteiger partial charge >= 0.3 is 11.9 Å². The van der Waals surface area contributed by atoms with E-state index in [2.05, 4.69) is 15.5 Å². The van der Waals surface area contributed by atoms with Crippen LogP contribution in [0.1, 0.15) is 33.6 Å². The highest BCUT2D eigenvalue weighted by atomic mass is 35.5. The standard InChI is InChI=1S/C22H17Cl2F6N5O4S/c23-14-2-12(3-15(24)18(14)25)21(22(28,29)30)4-17(33-39-21)34-6-10-1-16(31-5-11(10)7-34)19(36)32-13-8-35(9-13)40(37,38)20(26)27/h1-3,5,13,20H,4,6-9H2,(H,32,36). The first-order valence-corrected chi connectivity index (χ1v) is 13.7. The molecule has 1 atom stereocenters. The lowest BCUT2D eigenvalue weighted by Crippen LogP contribution is -2.61. The first-order valence-electron chi connectivity index (χ1n) is 11.4. The Balaban J connectivity index is 1.27. The van der Waals surface area contributed by atoms with Gasteiger partial charge in [0.1, 0.15) is 11.5 Å². The Labute approximate surface area is 232 Å². The molecule has 3 aliphatic heterocycles. The zero-order valence-corrected chi connectivity index (χ0v) is 22.2. The maximum atomic E-state index is 14.3. The minimum absolute atomic E-state index is 0.0550. The molecular weight excluding hydrogens is 615 g/mol. The summed E-state index contributed by atoms with van der Waals surface area (Å²) in [6.45, 7) is -0.470. The van der Waals surface area contributed by atoms with Gasteiger partial charge in [-0.15, -0.1) is 0 Å². The first-order chi connectivity index (χ1) is 18.6. The lowest BCUT2D eigenvalue weighted by molar-refractivity contribution is -0.275. The molecule has 1 saturated heterocycles. The second kappa shape index (κ2) is 9.92. The van der Waals surface area contributed by atoms with Crippen molar-refractivity contribution in [3.05, 3.63) is 62.6 Å². The lowest BCUT2D eigenvalue weighted by atomic mass is 9.89. The minimum Gasteiger partial charge on any atom is -0.372 e. The molecule has 1 amide bonds. The second-order valence-corrected chi connectivity index (χ2v) is 12.1. The lowest BCUT2D eigenvalue weighted by Gasteiger charge is -2.37. The summed E-state index contributed by atoms with van der Waals surface area (Å²) in [4.78, 5) is 23.1. The number of sulfonamides is 1. The number of carbonyl (C=O) groups is 1. The number of hydrogen-bond acceptors (Lipinski definition) is 7. The second-order valence-electron chi connectivity index (χ2n) is 9.34. The average molecular weight is 632 g/mol. The number of nitrogens with zero attached hydrogens (tertiary/aromatic N) is 4. The molecule has 1 aromatic heterocycles. The Kier molecular flexibility index (Phi) is 7.12. The van der Waals surface area contributed by atoms with Crippen molar-refractivity contribution in [3.8, 4) is 0 Å². The van der Waals surface area contributed by atoms with Crippen LogP contribution in [0.25, 0.3) is 0 Å². The smallest absolute Gasteiger partial charge is 0.372 e. The van der Waals surface area contributed by atoms with Gasteiger partial charge in [-0.3, -0.25) is 9.78 Å². The molecule has 1 fully saturated rings. The summed E-state index contributed by atoms with van der Waals surface area (Å²) in [5, 5.41) is 4.95. The molecule has 5 rings (SSSR count). The monoisotopic (exact) mass is 631 g/mol. The number of aromatic nitrogens is 1. The Hall–Kier alpha value is -2.82. The molecule has 0 spiro atoms. The molecule has 1 unspecified atom stereocenters. The number of pyridine rings is 1. The summed E-state index contributed by atoms with van der Waals surface area (Å²) in [7, 11) is -4.73. The highest BCUT2D eigenvalue weighted by molar-refractivity contribution is 7.89. The number of amides is 1. The molecule has 18 heteroatoms. The Morgan fingerprint density at radius 1 is 1.12 bits per heavy atom. The van der Waals surface area contributed by atoms with E-state index in [0.717, 1.165) is 12.1 Å². The number of fused-ring (bicyclic) bond motifs is 1. The van der Waals surface area contributed by atoms with E-state index in [1.54, 1.807) is 0 Å². The molecule has 216 valence electrons. The van der Waals surface area contributed by atoms with Crippen molar-refractivity contribution < 1.29 is 44.4 Å². The molecule has 4 heterocycles. The van der Waals surface area contributed by atoms with Crippen LogP contribution in [0.4, 0.5) is 26.3 Å². The van der Waals surface area contributed by atoms with Gasteiger partial charge in [-0.25, -0.2) is 12.8 Å². The van der Waals surface area contributed by atoms with Crippen LogP contribution in [-0.2, 0) is 33.6 Å². The zero-order chi connectivity index (χ0) is 29.2. The van der Waals surface area contributed by atoms with E-state index < -0.39 is 67.4 Å². The van der Waals surface area contributed by atoms with Gasteiger partial charge in [-0.2, -0.15) is 26.3 Å². The van der Waals surface area contributed by atoms with Crippen LogP contribution in [0.2, 0.25) is 10.0 Å². The maximum absolute atomic E-state index is 14.3. The van der Waals surface area contributed by atoms with Gasteiger partial charge in [0, 0.05) is 37.9 Å². The SMILES string of the molecule is O=C(NC1CN(S(=O)(=O)C(F)F)C1)c1cc2c(cn1)CN(C1=NOC(c3cc(Cl)c(F)c(Cl)c3)(C(F)(F)F)C1)C2. The summed E-state index contributed by atoms with van der Waals surface area (Å²) in [5.41, 5.74) is -2.37. The molecule has 40 heavy (non-hydrogen) atoms. The molecule has 3 aliphatic rings. The minimum atomic E-state index is -4.98. The summed E-state index contributed by atoms with van der Waals surface area (Å²) in [6, 6.07) is 2.30. The summed E-state index contributed by atoms with van der Waals surface area (Å²) >= 11 is 11.5. The van der Waals surface area contributed by atoms with Crippen LogP contribution < -0.4 is 5.32 Å². The van der Waals surface area contributed by atoms with Crippen molar-refractivity contribution in [2.75, 3.05) is 13.1 Å². The van der Waals surface area contributed by atoms with Crippen LogP contribution in [0.15, 0.2) is 29.6 Å². The number of amidine groups is 1. The van der Waals surface area contributed by atoms with Crippen LogP contribution in [0.3, 0.4) is 0 Å². The molecule has 0 bridgehead atoms. The van der Waals surface area contributed by atoms with Crippen molar-refractivity contribution in [1.29, 1.82) is 0 Å². The van der Waals surface area contributed by atoms with Crippen molar-refractivity contribution in [2.45, 2.75) is 43.1 Å². The normalized spacial score (nSPS) is 21.7. The first kappa shape index (κ1) is 28.7. The van der Waals surface area contributed by atoms with Gasteiger partial charge in [-0.05, 0) is 29.3 Å². The van der Waals surface area contributed by atoms with Crippen LogP contribution in [0.5, 0.6) is 0 Å². The number of alkyl halides is 5. The number of carbonyl (C=O) groups excluding carboxylic acids is 1. The van der Waals surface area contributed by atoms with E-state index >= 15 is 0 Å². The predicted molar refractivity (Wildman–Crippen MR) is 129 cm³/mol. The highest BCUT2D eigenvalue weighted by Gasteiger charge is 2.63. The van der Waals surface area contributed by atoms with Gasteiger partial charge in [0.15, 0.2) is 5.82 Å². The topological polar surface area (TPSA) is 104 Å². The third-order valence-electron chi connectivity index (χ3n) is 6.79. The number of benzene rings is 1. The van der Waals surface area contributed by atoms with Crippen molar-refractivity contribution in [2.24, 2.45) is 5.16 Å². The number of oxime groups is 1. The van der Waals surface area contributed by atoms with Gasteiger partial charge in [0.05, 0.1) is 22.5 Å². The van der Waals surface area contributed by atoms with Crippen LogP contribution in [-0.4, -0.2) is 65.4 Å². The van der Waals surface area contributed by atoms with E-state index in [0.29, 0.717) is 15.4 Å². The Bertz CT molecular complexity index is 1500. The summed E-state index contributed by atoms with van der Waals surface area (Å²) < 4.78 is 105. The Morgan fingerprint density at radius 2 is 1.75 bits per heavy atom.